The van der Waals surface area contributed by atoms with E-state index < -0.39 is 6.61 Å². The minimum Gasteiger partial charge on any atom is -0.490 e. The second-order valence-electron chi connectivity index (χ2n) is 5.83. The monoisotopic (exact) mass is 396 g/mol. The van der Waals surface area contributed by atoms with Gasteiger partial charge in [-0.05, 0) is 26.8 Å². The van der Waals surface area contributed by atoms with E-state index in [0.717, 1.165) is 11.6 Å². The van der Waals surface area contributed by atoms with Crippen LogP contribution < -0.4 is 20.1 Å². The molecule has 8 nitrogen and oxygen atoms in total. The lowest BCUT2D eigenvalue weighted by Gasteiger charge is -2.15. The van der Waals surface area contributed by atoms with Crippen LogP contribution in [0.25, 0.3) is 0 Å². The lowest BCUT2D eigenvalue weighted by atomic mass is 10.2. The van der Waals surface area contributed by atoms with E-state index in [1.807, 2.05) is 25.5 Å². The number of para-hydroxylation sites is 1. The highest BCUT2D eigenvalue weighted by Crippen LogP contribution is 2.33. The van der Waals surface area contributed by atoms with Gasteiger partial charge in [-0.2, -0.15) is 8.78 Å². The van der Waals surface area contributed by atoms with E-state index >= 15 is 0 Å². The summed E-state index contributed by atoms with van der Waals surface area (Å²) in [6.07, 6.45) is 0. The van der Waals surface area contributed by atoms with Crippen molar-refractivity contribution in [2.75, 3.05) is 13.2 Å². The van der Waals surface area contributed by atoms with Crippen molar-refractivity contribution in [3.63, 3.8) is 0 Å². The maximum atomic E-state index is 12.8. The summed E-state index contributed by atoms with van der Waals surface area (Å²) in [4.78, 5) is 4.46. The van der Waals surface area contributed by atoms with Gasteiger partial charge in [0.25, 0.3) is 0 Å². The number of halogens is 2. The van der Waals surface area contributed by atoms with Crippen molar-refractivity contribution in [3.05, 3.63) is 35.4 Å². The second kappa shape index (κ2) is 10.4. The summed E-state index contributed by atoms with van der Waals surface area (Å²) in [6.45, 7) is 4.17. The quantitative estimate of drug-likeness (QED) is 0.500. The normalized spacial score (nSPS) is 11.6. The van der Waals surface area contributed by atoms with Crippen molar-refractivity contribution in [2.45, 2.75) is 40.5 Å². The molecule has 0 saturated carbocycles. The molecule has 0 bridgehead atoms. The van der Waals surface area contributed by atoms with Gasteiger partial charge in [0, 0.05) is 19.2 Å². The van der Waals surface area contributed by atoms with Gasteiger partial charge in [-0.3, -0.25) is 0 Å². The van der Waals surface area contributed by atoms with E-state index in [4.69, 9.17) is 4.74 Å². The molecular weight excluding hydrogens is 370 g/mol. The number of guanidine groups is 1. The fraction of sp³-hybridized carbons (Fsp3) is 0.500. The number of nitrogens with zero attached hydrogens (tertiary/aromatic N) is 4. The molecule has 1 aromatic carbocycles. The van der Waals surface area contributed by atoms with Gasteiger partial charge in [-0.15, -0.1) is 10.2 Å². The molecule has 0 unspecified atom stereocenters. The number of hydrogen-bond acceptors (Lipinski definition) is 5. The Hall–Kier alpha value is -2.91. The summed E-state index contributed by atoms with van der Waals surface area (Å²) in [5.74, 6) is 2.35. The number of aliphatic imine (C=N–C) groups is 1. The van der Waals surface area contributed by atoms with Crippen LogP contribution in [0.15, 0.2) is 23.2 Å². The van der Waals surface area contributed by atoms with E-state index in [9.17, 15) is 8.78 Å². The van der Waals surface area contributed by atoms with Crippen LogP contribution in [0.4, 0.5) is 8.78 Å². The highest BCUT2D eigenvalue weighted by molar-refractivity contribution is 5.79. The molecule has 0 atom stereocenters. The van der Waals surface area contributed by atoms with Gasteiger partial charge in [0.1, 0.15) is 5.82 Å². The number of benzene rings is 1. The molecule has 2 N–H and O–H groups in total. The minimum atomic E-state index is -2.95. The molecule has 2 aromatic rings. The number of rotatable bonds is 9. The van der Waals surface area contributed by atoms with Gasteiger partial charge in [-0.1, -0.05) is 12.1 Å². The van der Waals surface area contributed by atoms with Crippen LogP contribution in [0.1, 0.15) is 31.1 Å². The van der Waals surface area contributed by atoms with Crippen molar-refractivity contribution in [3.8, 4) is 11.5 Å². The maximum Gasteiger partial charge on any atom is 0.387 e. The predicted molar refractivity (Wildman–Crippen MR) is 102 cm³/mol. The molecule has 0 spiro atoms. The molecule has 1 heterocycles. The highest BCUT2D eigenvalue weighted by atomic mass is 19.3. The Morgan fingerprint density at radius 1 is 1.25 bits per heavy atom. The summed E-state index contributed by atoms with van der Waals surface area (Å²) >= 11 is 0. The molecule has 1 aromatic heterocycles. The number of aryl methyl sites for hydroxylation is 1. The van der Waals surface area contributed by atoms with Crippen LogP contribution in [0.2, 0.25) is 0 Å². The summed E-state index contributed by atoms with van der Waals surface area (Å²) in [5.41, 5.74) is 0.498. The first-order chi connectivity index (χ1) is 13.5. The first-order valence-corrected chi connectivity index (χ1v) is 9.02. The summed E-state index contributed by atoms with van der Waals surface area (Å²) in [5, 5.41) is 14.4. The fourth-order valence-corrected chi connectivity index (χ4v) is 2.45. The van der Waals surface area contributed by atoms with E-state index in [1.54, 1.807) is 25.1 Å². The third-order valence-corrected chi connectivity index (χ3v) is 3.92. The molecule has 10 heteroatoms. The Labute approximate surface area is 163 Å². The van der Waals surface area contributed by atoms with Gasteiger partial charge in [0.05, 0.1) is 19.7 Å². The zero-order chi connectivity index (χ0) is 20.5. The molecule has 28 heavy (non-hydrogen) atoms. The van der Waals surface area contributed by atoms with Crippen LogP contribution in [0, 0.1) is 6.92 Å². The van der Waals surface area contributed by atoms with Gasteiger partial charge in [0.15, 0.2) is 23.3 Å². The Morgan fingerprint density at radius 3 is 2.64 bits per heavy atom. The fourth-order valence-electron chi connectivity index (χ4n) is 2.45. The zero-order valence-electron chi connectivity index (χ0n) is 16.5. The summed E-state index contributed by atoms with van der Waals surface area (Å²) < 4.78 is 37.6. The largest absolute Gasteiger partial charge is 0.490 e. The SMILES string of the molecule is CCNC(=NCc1cccc(OCC)c1OC(F)F)NCc1nnc(C)n1C. The molecule has 0 aliphatic rings. The van der Waals surface area contributed by atoms with Crippen molar-refractivity contribution in [2.24, 2.45) is 12.0 Å². The molecule has 2 rings (SSSR count). The summed E-state index contributed by atoms with van der Waals surface area (Å²) in [6, 6.07) is 4.99. The average molecular weight is 396 g/mol. The second-order valence-corrected chi connectivity index (χ2v) is 5.83. The predicted octanol–water partition coefficient (Wildman–Crippen LogP) is 2.38. The van der Waals surface area contributed by atoms with Crippen molar-refractivity contribution in [1.29, 1.82) is 0 Å². The third kappa shape index (κ3) is 5.80. The lowest BCUT2D eigenvalue weighted by molar-refractivity contribution is -0.0520. The van der Waals surface area contributed by atoms with Crippen molar-refractivity contribution >= 4 is 5.96 Å². The van der Waals surface area contributed by atoms with Crippen molar-refractivity contribution < 1.29 is 18.3 Å². The number of ether oxygens (including phenoxy) is 2. The average Bonchev–Trinajstić information content (AvgIpc) is 2.98. The Kier molecular flexibility index (Phi) is 7.97. The Balaban J connectivity index is 2.17. The lowest BCUT2D eigenvalue weighted by Crippen LogP contribution is -2.37. The number of nitrogens with one attached hydrogen (secondary N) is 2. The maximum absolute atomic E-state index is 12.8. The first kappa shape index (κ1) is 21.4. The van der Waals surface area contributed by atoms with Gasteiger partial charge < -0.3 is 24.7 Å². The van der Waals surface area contributed by atoms with E-state index in [1.165, 1.54) is 0 Å². The zero-order valence-corrected chi connectivity index (χ0v) is 16.5. The topological polar surface area (TPSA) is 85.6 Å². The molecule has 0 aliphatic carbocycles. The van der Waals surface area contributed by atoms with E-state index in [0.29, 0.717) is 31.2 Å². The van der Waals surface area contributed by atoms with E-state index in [2.05, 4.69) is 30.6 Å². The molecule has 0 radical (unpaired) electrons. The number of aromatic nitrogens is 3. The van der Waals surface area contributed by atoms with Crippen LogP contribution in [0.5, 0.6) is 11.5 Å². The molecule has 154 valence electrons. The van der Waals surface area contributed by atoms with Crippen molar-refractivity contribution in [1.82, 2.24) is 25.4 Å². The first-order valence-electron chi connectivity index (χ1n) is 9.02. The number of alkyl halides is 2. The third-order valence-electron chi connectivity index (χ3n) is 3.92. The number of hydrogen-bond donors (Lipinski definition) is 2. The standard InChI is InChI=1S/C18H26F2N6O2/c1-5-21-18(23-11-15-25-24-12(3)26(15)4)22-10-13-8-7-9-14(27-6-2)16(13)28-17(19)20/h7-9,17H,5-6,10-11H2,1-4H3,(H2,21,22,23). The van der Waals surface area contributed by atoms with Crippen LogP contribution in [-0.4, -0.2) is 40.5 Å². The molecular formula is C18H26F2N6O2. The highest BCUT2D eigenvalue weighted by Gasteiger charge is 2.16. The van der Waals surface area contributed by atoms with Gasteiger partial charge in [-0.25, -0.2) is 4.99 Å². The smallest absolute Gasteiger partial charge is 0.387 e. The molecule has 0 aliphatic heterocycles. The van der Waals surface area contributed by atoms with Crippen LogP contribution in [0.3, 0.4) is 0 Å². The molecule has 0 amide bonds. The van der Waals surface area contributed by atoms with Crippen LogP contribution >= 0.6 is 0 Å². The Bertz CT molecular complexity index is 794. The molecule has 0 fully saturated rings. The van der Waals surface area contributed by atoms with E-state index in [-0.39, 0.29) is 18.0 Å². The van der Waals surface area contributed by atoms with Gasteiger partial charge in [0.2, 0.25) is 0 Å². The molecule has 0 saturated heterocycles. The summed E-state index contributed by atoms with van der Waals surface area (Å²) in [7, 11) is 1.88. The Morgan fingerprint density at radius 2 is 2.04 bits per heavy atom. The van der Waals surface area contributed by atoms with Crippen LogP contribution in [-0.2, 0) is 20.1 Å². The minimum absolute atomic E-state index is 0.00266. The van der Waals surface area contributed by atoms with Gasteiger partial charge >= 0.3 is 6.61 Å².